The maximum absolute atomic E-state index is 12.6. The number of hydrogen-bond donors (Lipinski definition) is 0. The lowest BCUT2D eigenvalue weighted by Gasteiger charge is -2.23. The van der Waals surface area contributed by atoms with E-state index in [4.69, 9.17) is 14.2 Å². The van der Waals surface area contributed by atoms with Crippen molar-refractivity contribution in [1.82, 2.24) is 5.16 Å². The van der Waals surface area contributed by atoms with Gasteiger partial charge in [-0.05, 0) is 26.2 Å². The van der Waals surface area contributed by atoms with Crippen molar-refractivity contribution in [3.05, 3.63) is 17.5 Å². The van der Waals surface area contributed by atoms with Crippen molar-refractivity contribution < 1.29 is 36.7 Å². The van der Waals surface area contributed by atoms with Crippen molar-refractivity contribution in [2.75, 3.05) is 13.2 Å². The SMILES string of the molecule is C[C@@H](OC[C@H]1CCCCO1)C(=O)OCc1conc1C(F)(F)F. The van der Waals surface area contributed by atoms with Crippen LogP contribution in [0.4, 0.5) is 13.2 Å². The molecule has 6 nitrogen and oxygen atoms in total. The molecule has 2 atom stereocenters. The van der Waals surface area contributed by atoms with E-state index < -0.39 is 30.6 Å². The van der Waals surface area contributed by atoms with Crippen molar-refractivity contribution in [3.63, 3.8) is 0 Å². The second kappa shape index (κ2) is 7.78. The average Bonchev–Trinajstić information content (AvgIpc) is 3.00. The third-order valence-electron chi connectivity index (χ3n) is 3.42. The van der Waals surface area contributed by atoms with Crippen LogP contribution in [0.1, 0.15) is 37.4 Å². The second-order valence-electron chi connectivity index (χ2n) is 5.26. The first-order chi connectivity index (χ1) is 10.9. The van der Waals surface area contributed by atoms with Crippen molar-refractivity contribution in [2.24, 2.45) is 0 Å². The summed E-state index contributed by atoms with van der Waals surface area (Å²) in [5.74, 6) is -0.755. The summed E-state index contributed by atoms with van der Waals surface area (Å²) in [5.41, 5.74) is -1.54. The smallest absolute Gasteiger partial charge is 0.437 e. The van der Waals surface area contributed by atoms with Gasteiger partial charge in [0.1, 0.15) is 12.9 Å². The number of carbonyl (C=O) groups excluding carboxylic acids is 1. The number of esters is 1. The van der Waals surface area contributed by atoms with Gasteiger partial charge in [-0.2, -0.15) is 13.2 Å². The summed E-state index contributed by atoms with van der Waals surface area (Å²) in [7, 11) is 0. The number of halogens is 3. The standard InChI is InChI=1S/C14H18F3NO5/c1-9(21-8-11-4-2-3-5-20-11)13(19)22-6-10-7-23-18-12(10)14(15,16)17/h7,9,11H,2-6,8H2,1H3/t9-,11-/m1/s1. The van der Waals surface area contributed by atoms with E-state index in [2.05, 4.69) is 9.68 Å². The summed E-state index contributed by atoms with van der Waals surface area (Å²) in [4.78, 5) is 11.8. The summed E-state index contributed by atoms with van der Waals surface area (Å²) in [6, 6.07) is 0. The average molecular weight is 337 g/mol. The maximum Gasteiger partial charge on any atom is 0.437 e. The minimum atomic E-state index is -4.66. The fourth-order valence-electron chi connectivity index (χ4n) is 2.12. The molecule has 1 aliphatic heterocycles. The molecule has 23 heavy (non-hydrogen) atoms. The van der Waals surface area contributed by atoms with Crippen LogP contribution in [-0.2, 0) is 31.8 Å². The number of carbonyl (C=O) groups is 1. The van der Waals surface area contributed by atoms with E-state index >= 15 is 0 Å². The summed E-state index contributed by atoms with van der Waals surface area (Å²) < 4.78 is 57.7. The third-order valence-corrected chi connectivity index (χ3v) is 3.42. The first-order valence-electron chi connectivity index (χ1n) is 7.28. The third kappa shape index (κ3) is 5.21. The summed E-state index contributed by atoms with van der Waals surface area (Å²) in [6.45, 7) is 1.81. The van der Waals surface area contributed by atoms with Crippen molar-refractivity contribution in [3.8, 4) is 0 Å². The summed E-state index contributed by atoms with van der Waals surface area (Å²) >= 11 is 0. The predicted molar refractivity (Wildman–Crippen MR) is 70.3 cm³/mol. The van der Waals surface area contributed by atoms with Gasteiger partial charge in [0.15, 0.2) is 11.8 Å². The largest absolute Gasteiger partial charge is 0.459 e. The Bertz CT molecular complexity index is 511. The maximum atomic E-state index is 12.6. The Kier molecular flexibility index (Phi) is 6.00. The lowest BCUT2D eigenvalue weighted by atomic mass is 10.1. The van der Waals surface area contributed by atoms with Crippen LogP contribution in [0.5, 0.6) is 0 Å². The molecule has 0 amide bonds. The molecule has 2 heterocycles. The normalized spacial score (nSPS) is 20.3. The minimum Gasteiger partial charge on any atom is -0.459 e. The molecule has 0 spiro atoms. The van der Waals surface area contributed by atoms with E-state index in [1.54, 1.807) is 0 Å². The van der Waals surface area contributed by atoms with Crippen LogP contribution >= 0.6 is 0 Å². The molecule has 0 aliphatic carbocycles. The molecule has 0 aromatic carbocycles. The number of aromatic nitrogens is 1. The number of alkyl halides is 3. The van der Waals surface area contributed by atoms with Crippen LogP contribution in [-0.4, -0.2) is 36.5 Å². The van der Waals surface area contributed by atoms with Gasteiger partial charge in [-0.1, -0.05) is 5.16 Å². The zero-order valence-corrected chi connectivity index (χ0v) is 12.6. The van der Waals surface area contributed by atoms with Crippen LogP contribution < -0.4 is 0 Å². The molecule has 1 aromatic rings. The monoisotopic (exact) mass is 337 g/mol. The Hall–Kier alpha value is -1.61. The van der Waals surface area contributed by atoms with Crippen LogP contribution in [0.15, 0.2) is 10.8 Å². The Labute approximate surface area is 130 Å². The zero-order valence-electron chi connectivity index (χ0n) is 12.6. The fourth-order valence-corrected chi connectivity index (χ4v) is 2.12. The minimum absolute atomic E-state index is 0.0612. The predicted octanol–water partition coefficient (Wildman–Crippen LogP) is 2.71. The molecular formula is C14H18F3NO5. The Balaban J connectivity index is 1.76. The van der Waals surface area contributed by atoms with E-state index in [9.17, 15) is 18.0 Å². The first-order valence-corrected chi connectivity index (χ1v) is 7.28. The van der Waals surface area contributed by atoms with Gasteiger partial charge in [0.05, 0.1) is 18.3 Å². The topological polar surface area (TPSA) is 70.8 Å². The molecule has 0 N–H and O–H groups in total. The molecule has 1 fully saturated rings. The molecule has 0 saturated carbocycles. The molecule has 0 radical (unpaired) electrons. The van der Waals surface area contributed by atoms with Gasteiger partial charge >= 0.3 is 12.1 Å². The van der Waals surface area contributed by atoms with Crippen LogP contribution in [0.2, 0.25) is 0 Å². The number of rotatable bonds is 6. The van der Waals surface area contributed by atoms with E-state index in [-0.39, 0.29) is 18.3 Å². The quantitative estimate of drug-likeness (QED) is 0.743. The highest BCUT2D eigenvalue weighted by Crippen LogP contribution is 2.31. The van der Waals surface area contributed by atoms with Crippen LogP contribution in [0, 0.1) is 0 Å². The fraction of sp³-hybridized carbons (Fsp3) is 0.714. The lowest BCUT2D eigenvalue weighted by molar-refractivity contribution is -0.161. The molecule has 1 aliphatic rings. The number of hydrogen-bond acceptors (Lipinski definition) is 6. The van der Waals surface area contributed by atoms with Gasteiger partial charge in [-0.15, -0.1) is 0 Å². The van der Waals surface area contributed by atoms with Crippen molar-refractivity contribution in [1.29, 1.82) is 0 Å². The van der Waals surface area contributed by atoms with Crippen LogP contribution in [0.3, 0.4) is 0 Å². The molecule has 0 unspecified atom stereocenters. The Morgan fingerprint density at radius 2 is 2.26 bits per heavy atom. The van der Waals surface area contributed by atoms with Crippen molar-refractivity contribution in [2.45, 2.75) is 51.2 Å². The number of nitrogens with zero attached hydrogens (tertiary/aromatic N) is 1. The Morgan fingerprint density at radius 3 is 2.91 bits per heavy atom. The zero-order chi connectivity index (χ0) is 16.9. The van der Waals surface area contributed by atoms with Crippen molar-refractivity contribution >= 4 is 5.97 Å². The molecule has 9 heteroatoms. The van der Waals surface area contributed by atoms with E-state index in [1.807, 2.05) is 0 Å². The van der Waals surface area contributed by atoms with E-state index in [0.717, 1.165) is 25.5 Å². The molecule has 1 saturated heterocycles. The van der Waals surface area contributed by atoms with Gasteiger partial charge in [-0.25, -0.2) is 4.79 Å². The van der Waals surface area contributed by atoms with Gasteiger partial charge < -0.3 is 18.7 Å². The second-order valence-corrected chi connectivity index (χ2v) is 5.26. The highest BCUT2D eigenvalue weighted by Gasteiger charge is 2.37. The summed E-state index contributed by atoms with van der Waals surface area (Å²) in [6.07, 6.45) is -1.90. The van der Waals surface area contributed by atoms with Gasteiger partial charge in [0, 0.05) is 6.61 Å². The Morgan fingerprint density at radius 1 is 1.48 bits per heavy atom. The lowest BCUT2D eigenvalue weighted by Crippen LogP contribution is -2.30. The van der Waals surface area contributed by atoms with Gasteiger partial charge in [0.25, 0.3) is 0 Å². The number of ether oxygens (including phenoxy) is 3. The van der Waals surface area contributed by atoms with Crippen LogP contribution in [0.25, 0.3) is 0 Å². The molecular weight excluding hydrogens is 319 g/mol. The highest BCUT2D eigenvalue weighted by atomic mass is 19.4. The summed E-state index contributed by atoms with van der Waals surface area (Å²) in [5, 5.41) is 2.87. The van der Waals surface area contributed by atoms with E-state index in [0.29, 0.717) is 6.61 Å². The molecule has 130 valence electrons. The highest BCUT2D eigenvalue weighted by molar-refractivity contribution is 5.74. The van der Waals surface area contributed by atoms with Gasteiger partial charge in [0.2, 0.25) is 0 Å². The molecule has 0 bridgehead atoms. The molecule has 2 rings (SSSR count). The van der Waals surface area contributed by atoms with Gasteiger partial charge in [-0.3, -0.25) is 0 Å². The first kappa shape index (κ1) is 17.7. The van der Waals surface area contributed by atoms with E-state index in [1.165, 1.54) is 6.92 Å². The molecule has 1 aromatic heterocycles.